The molecular formula is C24H29N3O8S. The lowest BCUT2D eigenvalue weighted by molar-refractivity contribution is -0.160. The summed E-state index contributed by atoms with van der Waals surface area (Å²) in [7, 11) is -3.99. The van der Waals surface area contributed by atoms with Gasteiger partial charge in [0.15, 0.2) is 9.84 Å². The quantitative estimate of drug-likeness (QED) is 0.228. The normalized spacial score (nSPS) is 24.9. The van der Waals surface area contributed by atoms with Gasteiger partial charge in [-0.1, -0.05) is 48.5 Å². The number of nitrogens with two attached hydrogens (primary N) is 1. The summed E-state index contributed by atoms with van der Waals surface area (Å²) in [5.74, 6) is -3.80. The molecule has 3 amide bonds. The van der Waals surface area contributed by atoms with Gasteiger partial charge < -0.3 is 31.7 Å². The highest BCUT2D eigenvalue weighted by Crippen LogP contribution is 2.30. The van der Waals surface area contributed by atoms with Gasteiger partial charge in [0, 0.05) is 19.3 Å². The van der Waals surface area contributed by atoms with Gasteiger partial charge in [0.1, 0.15) is 23.5 Å². The Morgan fingerprint density at radius 2 is 1.58 bits per heavy atom. The molecule has 5 atom stereocenters. The number of amides is 3. The second kappa shape index (κ2) is 11.2. The van der Waals surface area contributed by atoms with Crippen LogP contribution in [0.2, 0.25) is 0 Å². The van der Waals surface area contributed by atoms with Crippen LogP contribution in [0.5, 0.6) is 0 Å². The molecule has 1 aliphatic carbocycles. The maximum absolute atomic E-state index is 13.0. The SMILES string of the molecule is NC(=O)[C@@H](Cc1ccccc1)NC(=O)[C@@]1(O)C[C@@H](O)[C@H](O)[C@@H](NC(=O)CS(=O)(=O)c2ccccc2)C1. The highest BCUT2D eigenvalue weighted by molar-refractivity contribution is 7.92. The molecule has 11 nitrogen and oxygen atoms in total. The molecule has 0 aromatic heterocycles. The van der Waals surface area contributed by atoms with E-state index in [2.05, 4.69) is 10.6 Å². The van der Waals surface area contributed by atoms with Crippen molar-refractivity contribution >= 4 is 27.6 Å². The van der Waals surface area contributed by atoms with Crippen LogP contribution in [-0.2, 0) is 30.6 Å². The minimum atomic E-state index is -3.99. The van der Waals surface area contributed by atoms with Gasteiger partial charge in [-0.15, -0.1) is 0 Å². The first-order valence-electron chi connectivity index (χ1n) is 11.2. The summed E-state index contributed by atoms with van der Waals surface area (Å²) >= 11 is 0. The van der Waals surface area contributed by atoms with E-state index in [0.29, 0.717) is 5.56 Å². The topological polar surface area (TPSA) is 196 Å². The Hall–Kier alpha value is -3.32. The Kier molecular flexibility index (Phi) is 8.46. The van der Waals surface area contributed by atoms with Crippen molar-refractivity contribution in [1.82, 2.24) is 10.6 Å². The second-order valence-electron chi connectivity index (χ2n) is 8.86. The van der Waals surface area contributed by atoms with Crippen LogP contribution in [0.1, 0.15) is 18.4 Å². The van der Waals surface area contributed by atoms with Crippen LogP contribution in [0, 0.1) is 0 Å². The number of hydrogen-bond donors (Lipinski definition) is 6. The molecule has 0 unspecified atom stereocenters. The van der Waals surface area contributed by atoms with Gasteiger partial charge in [-0.05, 0) is 17.7 Å². The summed E-state index contributed by atoms with van der Waals surface area (Å²) in [6, 6.07) is 13.5. The lowest BCUT2D eigenvalue weighted by Crippen LogP contribution is -2.64. The van der Waals surface area contributed by atoms with E-state index in [1.54, 1.807) is 36.4 Å². The highest BCUT2D eigenvalue weighted by atomic mass is 32.2. The minimum Gasteiger partial charge on any atom is -0.390 e. The molecule has 12 heteroatoms. The smallest absolute Gasteiger partial charge is 0.252 e. The molecule has 1 saturated carbocycles. The Bertz CT molecular complexity index is 1190. The molecule has 0 saturated heterocycles. The lowest BCUT2D eigenvalue weighted by atomic mass is 9.77. The second-order valence-corrected chi connectivity index (χ2v) is 10.9. The molecule has 0 bridgehead atoms. The molecule has 1 fully saturated rings. The van der Waals surface area contributed by atoms with Crippen LogP contribution in [0.3, 0.4) is 0 Å². The number of primary amides is 1. The van der Waals surface area contributed by atoms with Crippen LogP contribution < -0.4 is 16.4 Å². The van der Waals surface area contributed by atoms with Gasteiger partial charge in [0.05, 0.1) is 17.0 Å². The summed E-state index contributed by atoms with van der Waals surface area (Å²) in [4.78, 5) is 37.3. The number of hydrogen-bond acceptors (Lipinski definition) is 8. The van der Waals surface area contributed by atoms with Crippen molar-refractivity contribution in [3.63, 3.8) is 0 Å². The number of sulfone groups is 1. The van der Waals surface area contributed by atoms with Crippen molar-refractivity contribution in [3.8, 4) is 0 Å². The Morgan fingerprint density at radius 1 is 1.00 bits per heavy atom. The Morgan fingerprint density at radius 3 is 2.17 bits per heavy atom. The first kappa shape index (κ1) is 27.3. The molecular weight excluding hydrogens is 490 g/mol. The number of aliphatic hydroxyl groups is 3. The van der Waals surface area contributed by atoms with E-state index in [0.717, 1.165) is 0 Å². The third-order valence-electron chi connectivity index (χ3n) is 6.03. The van der Waals surface area contributed by atoms with Gasteiger partial charge in [0.25, 0.3) is 5.91 Å². The van der Waals surface area contributed by atoms with Crippen molar-refractivity contribution in [3.05, 3.63) is 66.2 Å². The zero-order valence-electron chi connectivity index (χ0n) is 19.3. The molecule has 0 radical (unpaired) electrons. The average molecular weight is 520 g/mol. The van der Waals surface area contributed by atoms with Crippen molar-refractivity contribution in [1.29, 1.82) is 0 Å². The van der Waals surface area contributed by atoms with E-state index in [1.165, 1.54) is 24.3 Å². The number of carbonyl (C=O) groups is 3. The van der Waals surface area contributed by atoms with Crippen molar-refractivity contribution in [2.75, 3.05) is 5.75 Å². The van der Waals surface area contributed by atoms with E-state index in [-0.39, 0.29) is 11.3 Å². The van der Waals surface area contributed by atoms with E-state index >= 15 is 0 Å². The first-order valence-corrected chi connectivity index (χ1v) is 12.9. The zero-order valence-corrected chi connectivity index (χ0v) is 20.1. The number of benzene rings is 2. The van der Waals surface area contributed by atoms with E-state index in [4.69, 9.17) is 5.73 Å². The largest absolute Gasteiger partial charge is 0.390 e. The average Bonchev–Trinajstić information content (AvgIpc) is 2.82. The minimum absolute atomic E-state index is 0.0562. The van der Waals surface area contributed by atoms with Crippen molar-refractivity contribution < 1.29 is 38.1 Å². The summed E-state index contributed by atoms with van der Waals surface area (Å²) in [5.41, 5.74) is 3.84. The van der Waals surface area contributed by atoms with Crippen molar-refractivity contribution in [2.45, 2.75) is 54.1 Å². The molecule has 2 aromatic carbocycles. The van der Waals surface area contributed by atoms with E-state index in [1.807, 2.05) is 0 Å². The summed E-state index contributed by atoms with van der Waals surface area (Å²) in [6.07, 6.45) is -4.25. The predicted molar refractivity (Wildman–Crippen MR) is 128 cm³/mol. The van der Waals surface area contributed by atoms with Crippen LogP contribution in [0.25, 0.3) is 0 Å². The molecule has 0 spiro atoms. The zero-order chi connectivity index (χ0) is 26.5. The summed E-state index contributed by atoms with van der Waals surface area (Å²) in [6.45, 7) is 0. The number of nitrogens with one attached hydrogen (secondary N) is 2. The summed E-state index contributed by atoms with van der Waals surface area (Å²) in [5, 5.41) is 36.3. The number of rotatable bonds is 9. The Balaban J connectivity index is 1.70. The molecule has 2 aromatic rings. The Labute approximate surface area is 208 Å². The van der Waals surface area contributed by atoms with Gasteiger partial charge in [-0.3, -0.25) is 14.4 Å². The fraction of sp³-hybridized carbons (Fsp3) is 0.375. The predicted octanol–water partition coefficient (Wildman–Crippen LogP) is -1.60. The standard InChI is InChI=1S/C24H29N3O8S/c25-22(31)17(11-15-7-3-1-4-8-15)27-23(32)24(33)12-18(21(30)19(28)13-24)26-20(29)14-36(34,35)16-9-5-2-6-10-16/h1-10,17-19,21,28,30,33H,11-14H2,(H2,25,31)(H,26,29)(H,27,32)/t17-,18+,19-,21-,24+/m1/s1. The fourth-order valence-electron chi connectivity index (χ4n) is 4.12. The third kappa shape index (κ3) is 6.66. The first-order chi connectivity index (χ1) is 16.9. The number of aliphatic hydroxyl groups excluding tert-OH is 2. The molecule has 7 N–H and O–H groups in total. The van der Waals surface area contributed by atoms with Crippen molar-refractivity contribution in [2.24, 2.45) is 5.73 Å². The van der Waals surface area contributed by atoms with Gasteiger partial charge in [-0.2, -0.15) is 0 Å². The third-order valence-corrected chi connectivity index (χ3v) is 7.67. The van der Waals surface area contributed by atoms with E-state index < -0.39 is 76.0 Å². The maximum Gasteiger partial charge on any atom is 0.252 e. The van der Waals surface area contributed by atoms with E-state index in [9.17, 15) is 38.1 Å². The molecule has 3 rings (SSSR count). The molecule has 1 aliphatic rings. The van der Waals surface area contributed by atoms with Gasteiger partial charge in [0.2, 0.25) is 11.8 Å². The van der Waals surface area contributed by atoms with Crippen LogP contribution in [-0.4, -0.2) is 77.1 Å². The molecule has 36 heavy (non-hydrogen) atoms. The van der Waals surface area contributed by atoms with Crippen LogP contribution in [0.15, 0.2) is 65.6 Å². The van der Waals surface area contributed by atoms with Crippen LogP contribution >= 0.6 is 0 Å². The summed E-state index contributed by atoms with van der Waals surface area (Å²) < 4.78 is 24.9. The molecule has 194 valence electrons. The van der Waals surface area contributed by atoms with Crippen LogP contribution in [0.4, 0.5) is 0 Å². The fourth-order valence-corrected chi connectivity index (χ4v) is 5.29. The maximum atomic E-state index is 13.0. The molecule has 0 heterocycles. The van der Waals surface area contributed by atoms with Gasteiger partial charge >= 0.3 is 0 Å². The number of carbonyl (C=O) groups excluding carboxylic acids is 3. The highest BCUT2D eigenvalue weighted by Gasteiger charge is 2.49. The lowest BCUT2D eigenvalue weighted by Gasteiger charge is -2.41. The monoisotopic (exact) mass is 519 g/mol. The molecule has 0 aliphatic heterocycles. The van der Waals surface area contributed by atoms with Gasteiger partial charge in [-0.25, -0.2) is 8.42 Å².